The molecule has 1 aromatic heterocycles. The van der Waals surface area contributed by atoms with Crippen LogP contribution in [0.4, 0.5) is 11.4 Å². The van der Waals surface area contributed by atoms with Crippen LogP contribution in [0.15, 0.2) is 71.9 Å². The number of anilines is 2. The van der Waals surface area contributed by atoms with Gasteiger partial charge in [-0.3, -0.25) is 9.36 Å². The molecule has 3 N–H and O–H groups in total. The molecule has 0 aliphatic rings. The number of aromatic nitrogens is 3. The van der Waals surface area contributed by atoms with Crippen molar-refractivity contribution in [2.45, 2.75) is 25.9 Å². The topological polar surface area (TPSA) is 85.8 Å². The molecule has 0 unspecified atom stereocenters. The number of benzene rings is 3. The largest absolute Gasteiger partial charge is 0.399 e. The summed E-state index contributed by atoms with van der Waals surface area (Å²) in [6.45, 7) is 6.06. The summed E-state index contributed by atoms with van der Waals surface area (Å²) < 4.78 is 1.95. The van der Waals surface area contributed by atoms with Crippen LogP contribution in [0.3, 0.4) is 0 Å². The molecule has 0 aliphatic heterocycles. The van der Waals surface area contributed by atoms with Gasteiger partial charge in [0.2, 0.25) is 5.91 Å². The first-order chi connectivity index (χ1) is 15.4. The lowest BCUT2D eigenvalue weighted by Crippen LogP contribution is -2.16. The van der Waals surface area contributed by atoms with E-state index in [-0.39, 0.29) is 11.7 Å². The molecule has 0 fully saturated rings. The van der Waals surface area contributed by atoms with E-state index in [9.17, 15) is 4.79 Å². The maximum absolute atomic E-state index is 12.7. The Hall–Kier alpha value is -3.58. The van der Waals surface area contributed by atoms with Crippen molar-refractivity contribution in [3.05, 3.63) is 83.4 Å². The monoisotopic (exact) mass is 443 g/mol. The van der Waals surface area contributed by atoms with Crippen molar-refractivity contribution in [3.63, 3.8) is 0 Å². The van der Waals surface area contributed by atoms with Crippen molar-refractivity contribution in [1.82, 2.24) is 14.8 Å². The molecule has 0 bridgehead atoms. The average molecular weight is 444 g/mol. The third-order valence-corrected chi connectivity index (χ3v) is 6.00. The minimum Gasteiger partial charge on any atom is -0.399 e. The number of rotatable bonds is 6. The Morgan fingerprint density at radius 3 is 2.38 bits per heavy atom. The van der Waals surface area contributed by atoms with Gasteiger partial charge in [-0.25, -0.2) is 0 Å². The Morgan fingerprint density at radius 1 is 0.969 bits per heavy atom. The highest BCUT2D eigenvalue weighted by molar-refractivity contribution is 7.99. The lowest BCUT2D eigenvalue weighted by molar-refractivity contribution is -0.113. The van der Waals surface area contributed by atoms with Crippen molar-refractivity contribution >= 4 is 29.0 Å². The number of amides is 1. The number of thioether (sulfide) groups is 1. The van der Waals surface area contributed by atoms with Gasteiger partial charge in [-0.2, -0.15) is 0 Å². The summed E-state index contributed by atoms with van der Waals surface area (Å²) in [5, 5.41) is 12.5. The van der Waals surface area contributed by atoms with Gasteiger partial charge in [0.25, 0.3) is 0 Å². The number of para-hydroxylation sites is 1. The zero-order chi connectivity index (χ0) is 22.7. The number of nitrogens with zero attached hydrogens (tertiary/aromatic N) is 3. The Bertz CT molecular complexity index is 1240. The molecule has 4 aromatic rings. The first-order valence-electron chi connectivity index (χ1n) is 10.3. The Morgan fingerprint density at radius 2 is 1.69 bits per heavy atom. The number of carbonyl (C=O) groups is 1. The Labute approximate surface area is 191 Å². The summed E-state index contributed by atoms with van der Waals surface area (Å²) in [6.07, 6.45) is 0. The zero-order valence-electron chi connectivity index (χ0n) is 18.3. The lowest BCUT2D eigenvalue weighted by atomic mass is 10.1. The fourth-order valence-electron chi connectivity index (χ4n) is 3.72. The number of nitrogens with two attached hydrogens (primary N) is 1. The van der Waals surface area contributed by atoms with E-state index in [4.69, 9.17) is 5.73 Å². The van der Waals surface area contributed by atoms with Crippen molar-refractivity contribution in [1.29, 1.82) is 0 Å². The number of aryl methyl sites for hydroxylation is 3. The zero-order valence-corrected chi connectivity index (χ0v) is 19.1. The van der Waals surface area contributed by atoms with Gasteiger partial charge < -0.3 is 11.1 Å². The standard InChI is InChI=1S/C25H25N5OS/c1-16-12-17(2)23(18(3)13-16)27-22(31)15-32-25-29-28-24(19-8-7-9-20(26)14-19)30(25)21-10-5-4-6-11-21/h4-14H,15,26H2,1-3H3,(H,27,31). The van der Waals surface area contributed by atoms with E-state index >= 15 is 0 Å². The van der Waals surface area contributed by atoms with Crippen LogP contribution in [0.5, 0.6) is 0 Å². The molecule has 7 heteroatoms. The molecule has 4 rings (SSSR count). The normalized spacial score (nSPS) is 10.8. The van der Waals surface area contributed by atoms with Crippen molar-refractivity contribution < 1.29 is 4.79 Å². The van der Waals surface area contributed by atoms with Crippen LogP contribution in [-0.4, -0.2) is 26.4 Å². The van der Waals surface area contributed by atoms with Crippen LogP contribution in [0.25, 0.3) is 17.1 Å². The molecular weight excluding hydrogens is 418 g/mol. The second-order valence-corrected chi connectivity index (χ2v) is 8.66. The smallest absolute Gasteiger partial charge is 0.234 e. The van der Waals surface area contributed by atoms with E-state index in [1.165, 1.54) is 17.3 Å². The number of hydrogen-bond donors (Lipinski definition) is 2. The first-order valence-corrected chi connectivity index (χ1v) is 11.3. The minimum atomic E-state index is -0.0850. The molecule has 162 valence electrons. The van der Waals surface area contributed by atoms with Gasteiger partial charge in [0.05, 0.1) is 5.75 Å². The summed E-state index contributed by atoms with van der Waals surface area (Å²) in [5.41, 5.74) is 12.6. The van der Waals surface area contributed by atoms with E-state index < -0.39 is 0 Å². The molecule has 32 heavy (non-hydrogen) atoms. The van der Waals surface area contributed by atoms with Gasteiger partial charge in [0.1, 0.15) is 0 Å². The number of hydrogen-bond acceptors (Lipinski definition) is 5. The van der Waals surface area contributed by atoms with Gasteiger partial charge in [-0.15, -0.1) is 10.2 Å². The van der Waals surface area contributed by atoms with Crippen molar-refractivity contribution in [2.24, 2.45) is 0 Å². The molecule has 0 aliphatic carbocycles. The third-order valence-electron chi connectivity index (χ3n) is 5.07. The maximum atomic E-state index is 12.7. The Kier molecular flexibility index (Phi) is 6.28. The molecule has 6 nitrogen and oxygen atoms in total. The average Bonchev–Trinajstić information content (AvgIpc) is 3.19. The van der Waals surface area contributed by atoms with Crippen LogP contribution < -0.4 is 11.1 Å². The van der Waals surface area contributed by atoms with E-state index in [0.29, 0.717) is 16.7 Å². The lowest BCUT2D eigenvalue weighted by Gasteiger charge is -2.13. The quantitative estimate of drug-likeness (QED) is 0.317. The van der Waals surface area contributed by atoms with E-state index in [0.717, 1.165) is 28.1 Å². The molecule has 0 atom stereocenters. The van der Waals surface area contributed by atoms with Crippen LogP contribution in [0, 0.1) is 20.8 Å². The first kappa shape index (κ1) is 21.6. The van der Waals surface area contributed by atoms with Crippen molar-refractivity contribution in [3.8, 4) is 17.1 Å². The molecule has 0 spiro atoms. The second kappa shape index (κ2) is 9.28. The summed E-state index contributed by atoms with van der Waals surface area (Å²) in [5.74, 6) is 0.809. The van der Waals surface area contributed by atoms with Gasteiger partial charge in [0.15, 0.2) is 11.0 Å². The molecule has 1 heterocycles. The van der Waals surface area contributed by atoms with Crippen LogP contribution in [0.1, 0.15) is 16.7 Å². The maximum Gasteiger partial charge on any atom is 0.234 e. The van der Waals surface area contributed by atoms with E-state index in [1.807, 2.05) is 73.0 Å². The number of nitrogens with one attached hydrogen (secondary N) is 1. The predicted molar refractivity (Wildman–Crippen MR) is 131 cm³/mol. The van der Waals surface area contributed by atoms with Crippen molar-refractivity contribution in [2.75, 3.05) is 16.8 Å². The van der Waals surface area contributed by atoms with Gasteiger partial charge in [0, 0.05) is 22.6 Å². The summed E-state index contributed by atoms with van der Waals surface area (Å²) in [4.78, 5) is 12.7. The molecule has 3 aromatic carbocycles. The van der Waals surface area contributed by atoms with E-state index in [2.05, 4.69) is 34.6 Å². The predicted octanol–water partition coefficient (Wildman–Crippen LogP) is 5.17. The molecular formula is C25H25N5OS. The van der Waals surface area contributed by atoms with Gasteiger partial charge in [-0.1, -0.05) is 59.8 Å². The highest BCUT2D eigenvalue weighted by Crippen LogP contribution is 2.29. The van der Waals surface area contributed by atoms with Crippen LogP contribution >= 0.6 is 11.8 Å². The summed E-state index contributed by atoms with van der Waals surface area (Å²) in [6, 6.07) is 21.5. The number of carbonyl (C=O) groups excluding carboxylic acids is 1. The second-order valence-electron chi connectivity index (χ2n) is 7.71. The number of nitrogen functional groups attached to an aromatic ring is 1. The minimum absolute atomic E-state index is 0.0850. The fraction of sp³-hybridized carbons (Fsp3) is 0.160. The summed E-state index contributed by atoms with van der Waals surface area (Å²) in [7, 11) is 0. The Balaban J connectivity index is 1.60. The molecule has 0 saturated heterocycles. The SMILES string of the molecule is Cc1cc(C)c(NC(=O)CSc2nnc(-c3cccc(N)c3)n2-c2ccccc2)c(C)c1. The fourth-order valence-corrected chi connectivity index (χ4v) is 4.47. The molecule has 0 saturated carbocycles. The van der Waals surface area contributed by atoms with Crippen LogP contribution in [-0.2, 0) is 4.79 Å². The molecule has 1 amide bonds. The van der Waals surface area contributed by atoms with Crippen LogP contribution in [0.2, 0.25) is 0 Å². The molecule has 0 radical (unpaired) electrons. The van der Waals surface area contributed by atoms with Gasteiger partial charge >= 0.3 is 0 Å². The summed E-state index contributed by atoms with van der Waals surface area (Å²) >= 11 is 1.35. The highest BCUT2D eigenvalue weighted by atomic mass is 32.2. The third kappa shape index (κ3) is 4.68. The van der Waals surface area contributed by atoms with Gasteiger partial charge in [-0.05, 0) is 56.2 Å². The highest BCUT2D eigenvalue weighted by Gasteiger charge is 2.18. The van der Waals surface area contributed by atoms with E-state index in [1.54, 1.807) is 0 Å².